The fourth-order valence-electron chi connectivity index (χ4n) is 2.44. The number of benzene rings is 1. The lowest BCUT2D eigenvalue weighted by Crippen LogP contribution is -2.40. The number of para-hydroxylation sites is 2. The minimum absolute atomic E-state index is 0.0333. The van der Waals surface area contributed by atoms with Crippen LogP contribution in [0.1, 0.15) is 6.42 Å². The van der Waals surface area contributed by atoms with Gasteiger partial charge in [0.1, 0.15) is 12.2 Å². The summed E-state index contributed by atoms with van der Waals surface area (Å²) in [5.74, 6) is -1.39. The lowest BCUT2D eigenvalue weighted by molar-refractivity contribution is -0.384. The fourth-order valence-corrected chi connectivity index (χ4v) is 4.17. The molecule has 1 unspecified atom stereocenters. The van der Waals surface area contributed by atoms with Gasteiger partial charge in [-0.15, -0.1) is 0 Å². The number of hydrogen-bond acceptors (Lipinski definition) is 6. The summed E-state index contributed by atoms with van der Waals surface area (Å²) >= 11 is 0. The highest BCUT2D eigenvalue weighted by Crippen LogP contribution is 2.31. The summed E-state index contributed by atoms with van der Waals surface area (Å²) in [7, 11) is -3.22. The third kappa shape index (κ3) is 3.48. The van der Waals surface area contributed by atoms with Gasteiger partial charge < -0.3 is 10.0 Å². The van der Waals surface area contributed by atoms with E-state index < -0.39 is 33.3 Å². The molecule has 114 valence electrons. The van der Waals surface area contributed by atoms with Gasteiger partial charge in [-0.1, -0.05) is 12.1 Å². The van der Waals surface area contributed by atoms with Crippen LogP contribution in [-0.2, 0) is 14.6 Å². The molecular weight excluding hydrogens is 300 g/mol. The molecule has 0 saturated carbocycles. The predicted octanol–water partition coefficient (Wildman–Crippen LogP) is 0.673. The van der Waals surface area contributed by atoms with Crippen LogP contribution < -0.4 is 4.90 Å². The van der Waals surface area contributed by atoms with Gasteiger partial charge in [0.15, 0.2) is 9.84 Å². The molecule has 2 rings (SSSR count). The molecule has 0 aromatic heterocycles. The topological polar surface area (TPSA) is 118 Å². The van der Waals surface area contributed by atoms with Crippen molar-refractivity contribution in [3.8, 4) is 0 Å². The van der Waals surface area contributed by atoms with Gasteiger partial charge in [0.2, 0.25) is 0 Å². The molecule has 0 spiro atoms. The Kier molecular flexibility index (Phi) is 4.12. The first-order chi connectivity index (χ1) is 9.80. The number of carboxylic acids is 1. The van der Waals surface area contributed by atoms with E-state index in [0.717, 1.165) is 0 Å². The van der Waals surface area contributed by atoms with Crippen molar-refractivity contribution in [2.75, 3.05) is 23.0 Å². The van der Waals surface area contributed by atoms with E-state index in [1.54, 1.807) is 6.07 Å². The number of rotatable bonds is 5. The minimum atomic E-state index is -3.22. The van der Waals surface area contributed by atoms with Crippen LogP contribution in [-0.4, -0.2) is 48.5 Å². The third-order valence-electron chi connectivity index (χ3n) is 3.34. The van der Waals surface area contributed by atoms with Gasteiger partial charge in [0.05, 0.1) is 16.4 Å². The predicted molar refractivity (Wildman–Crippen MR) is 75.1 cm³/mol. The van der Waals surface area contributed by atoms with Crippen LogP contribution in [0.15, 0.2) is 24.3 Å². The lowest BCUT2D eigenvalue weighted by Gasteiger charge is -2.28. The maximum absolute atomic E-state index is 11.6. The molecule has 1 aromatic carbocycles. The zero-order valence-corrected chi connectivity index (χ0v) is 11.8. The summed E-state index contributed by atoms with van der Waals surface area (Å²) in [6, 6.07) is 5.18. The summed E-state index contributed by atoms with van der Waals surface area (Å²) in [5.41, 5.74) is -0.102. The third-order valence-corrected chi connectivity index (χ3v) is 5.09. The van der Waals surface area contributed by atoms with E-state index in [-0.39, 0.29) is 29.3 Å². The molecular formula is C12H14N2O6S. The lowest BCUT2D eigenvalue weighted by atomic mass is 10.1. The summed E-state index contributed by atoms with van der Waals surface area (Å²) in [4.78, 5) is 22.8. The molecule has 1 saturated heterocycles. The molecule has 1 atom stereocenters. The molecule has 0 bridgehead atoms. The summed E-state index contributed by atoms with van der Waals surface area (Å²) in [6.45, 7) is -0.481. The van der Waals surface area contributed by atoms with E-state index in [1.807, 2.05) is 0 Å². The SMILES string of the molecule is O=C(O)CN(c1ccccc1[N+](=O)[O-])C1CCS(=O)(=O)C1. The van der Waals surface area contributed by atoms with Crippen molar-refractivity contribution >= 4 is 27.2 Å². The zero-order chi connectivity index (χ0) is 15.6. The molecule has 1 N–H and O–H groups in total. The maximum atomic E-state index is 11.6. The molecule has 1 aromatic rings. The Hall–Kier alpha value is -2.16. The van der Waals surface area contributed by atoms with Crippen molar-refractivity contribution < 1.29 is 23.2 Å². The van der Waals surface area contributed by atoms with Gasteiger partial charge in [-0.3, -0.25) is 14.9 Å². The number of sulfone groups is 1. The second-order valence-electron chi connectivity index (χ2n) is 4.82. The molecule has 9 heteroatoms. The number of nitrogens with zero attached hydrogens (tertiary/aromatic N) is 2. The van der Waals surface area contributed by atoms with Gasteiger partial charge in [-0.05, 0) is 12.5 Å². The number of carbonyl (C=O) groups is 1. The first-order valence-corrected chi connectivity index (χ1v) is 8.04. The standard InChI is InChI=1S/C12H14N2O6S/c15-12(16)7-13(9-5-6-21(19,20)8-9)10-3-1-2-4-11(10)14(17)18/h1-4,9H,5-8H2,(H,15,16). The fraction of sp³-hybridized carbons (Fsp3) is 0.417. The Morgan fingerprint density at radius 2 is 2.10 bits per heavy atom. The van der Waals surface area contributed by atoms with Crippen LogP contribution in [0.25, 0.3) is 0 Å². The molecule has 0 radical (unpaired) electrons. The molecule has 8 nitrogen and oxygen atoms in total. The van der Waals surface area contributed by atoms with Crippen molar-refractivity contribution in [1.82, 2.24) is 0 Å². The van der Waals surface area contributed by atoms with E-state index in [4.69, 9.17) is 5.11 Å². The average Bonchev–Trinajstić information content (AvgIpc) is 2.76. The molecule has 0 aliphatic carbocycles. The van der Waals surface area contributed by atoms with Crippen LogP contribution in [0.5, 0.6) is 0 Å². The molecule has 1 heterocycles. The van der Waals surface area contributed by atoms with E-state index in [9.17, 15) is 23.3 Å². The van der Waals surface area contributed by atoms with Crippen molar-refractivity contribution in [3.05, 3.63) is 34.4 Å². The second kappa shape index (κ2) is 5.68. The highest BCUT2D eigenvalue weighted by atomic mass is 32.2. The van der Waals surface area contributed by atoms with E-state index in [2.05, 4.69) is 0 Å². The van der Waals surface area contributed by atoms with Gasteiger partial charge >= 0.3 is 5.97 Å². The second-order valence-corrected chi connectivity index (χ2v) is 7.05. The van der Waals surface area contributed by atoms with Gasteiger partial charge in [0, 0.05) is 12.1 Å². The van der Waals surface area contributed by atoms with Gasteiger partial charge in [-0.25, -0.2) is 8.42 Å². The van der Waals surface area contributed by atoms with E-state index in [0.29, 0.717) is 0 Å². The normalized spacial score (nSPS) is 20.1. The van der Waals surface area contributed by atoms with E-state index >= 15 is 0 Å². The number of hydrogen-bond donors (Lipinski definition) is 1. The zero-order valence-electron chi connectivity index (χ0n) is 11.0. The van der Waals surface area contributed by atoms with Crippen molar-refractivity contribution in [1.29, 1.82) is 0 Å². The molecule has 0 amide bonds. The molecule has 1 aliphatic rings. The first kappa shape index (κ1) is 15.2. The summed E-state index contributed by atoms with van der Waals surface area (Å²) in [6.07, 6.45) is 0.266. The Bertz CT molecular complexity index is 672. The molecule has 1 aliphatic heterocycles. The van der Waals surface area contributed by atoms with Crippen molar-refractivity contribution in [2.45, 2.75) is 12.5 Å². The Balaban J connectivity index is 2.42. The van der Waals surface area contributed by atoms with E-state index in [1.165, 1.54) is 23.1 Å². The highest BCUT2D eigenvalue weighted by molar-refractivity contribution is 7.91. The number of anilines is 1. The Labute approximate surface area is 121 Å². The first-order valence-electron chi connectivity index (χ1n) is 6.22. The number of carboxylic acid groups (broad SMARTS) is 1. The van der Waals surface area contributed by atoms with Crippen LogP contribution >= 0.6 is 0 Å². The number of aliphatic carboxylic acids is 1. The summed E-state index contributed by atoms with van der Waals surface area (Å²) < 4.78 is 23.1. The summed E-state index contributed by atoms with van der Waals surface area (Å²) in [5, 5.41) is 20.1. The number of nitro groups is 1. The molecule has 1 fully saturated rings. The largest absolute Gasteiger partial charge is 0.480 e. The molecule has 21 heavy (non-hydrogen) atoms. The smallest absolute Gasteiger partial charge is 0.323 e. The van der Waals surface area contributed by atoms with Crippen LogP contribution in [0.2, 0.25) is 0 Å². The minimum Gasteiger partial charge on any atom is -0.480 e. The average molecular weight is 314 g/mol. The van der Waals surface area contributed by atoms with Gasteiger partial charge in [0.25, 0.3) is 5.69 Å². The Morgan fingerprint density at radius 3 is 2.62 bits per heavy atom. The van der Waals surface area contributed by atoms with Crippen LogP contribution in [0.4, 0.5) is 11.4 Å². The van der Waals surface area contributed by atoms with Crippen molar-refractivity contribution in [2.24, 2.45) is 0 Å². The number of nitro benzene ring substituents is 1. The monoisotopic (exact) mass is 314 g/mol. The van der Waals surface area contributed by atoms with Gasteiger partial charge in [-0.2, -0.15) is 0 Å². The highest BCUT2D eigenvalue weighted by Gasteiger charge is 2.35. The van der Waals surface area contributed by atoms with Crippen LogP contribution in [0, 0.1) is 10.1 Å². The van der Waals surface area contributed by atoms with Crippen molar-refractivity contribution in [3.63, 3.8) is 0 Å². The Morgan fingerprint density at radius 1 is 1.43 bits per heavy atom. The van der Waals surface area contributed by atoms with Crippen LogP contribution in [0.3, 0.4) is 0 Å². The maximum Gasteiger partial charge on any atom is 0.323 e. The quantitative estimate of drug-likeness (QED) is 0.627.